The summed E-state index contributed by atoms with van der Waals surface area (Å²) in [6.45, 7) is 0.508. The van der Waals surface area contributed by atoms with E-state index < -0.39 is 10.0 Å². The van der Waals surface area contributed by atoms with E-state index in [1.54, 1.807) is 49.6 Å². The number of amides is 1. The zero-order chi connectivity index (χ0) is 23.3. The molecule has 32 heavy (non-hydrogen) atoms. The number of sulfonamides is 1. The fourth-order valence-corrected chi connectivity index (χ4v) is 4.56. The first-order chi connectivity index (χ1) is 15.2. The summed E-state index contributed by atoms with van der Waals surface area (Å²) >= 11 is 12.1. The summed E-state index contributed by atoms with van der Waals surface area (Å²) in [6.07, 6.45) is 1.11. The maximum absolute atomic E-state index is 12.6. The Morgan fingerprint density at radius 3 is 2.34 bits per heavy atom. The molecule has 0 aliphatic carbocycles. The number of rotatable bonds is 8. The molecule has 0 saturated heterocycles. The van der Waals surface area contributed by atoms with Crippen molar-refractivity contribution in [2.24, 2.45) is 0 Å². The van der Waals surface area contributed by atoms with Crippen LogP contribution in [0.3, 0.4) is 0 Å². The van der Waals surface area contributed by atoms with Gasteiger partial charge in [-0.25, -0.2) is 8.42 Å². The van der Waals surface area contributed by atoms with E-state index in [0.29, 0.717) is 34.1 Å². The molecule has 0 spiro atoms. The van der Waals surface area contributed by atoms with Gasteiger partial charge in [-0.2, -0.15) is 0 Å². The van der Waals surface area contributed by atoms with Crippen LogP contribution < -0.4 is 9.62 Å². The first-order valence-corrected chi connectivity index (χ1v) is 12.2. The molecule has 1 amide bonds. The lowest BCUT2D eigenvalue weighted by atomic mass is 10.1. The van der Waals surface area contributed by atoms with Crippen LogP contribution >= 0.6 is 23.2 Å². The number of anilines is 2. The SMILES string of the molecule is COCc1cccc(NC(=O)c2ccc(CN(c3ccc(Cl)cc3Cl)S(C)(=O)=O)cc2)c1. The Bertz CT molecular complexity index is 1210. The smallest absolute Gasteiger partial charge is 0.255 e. The van der Waals surface area contributed by atoms with Crippen molar-refractivity contribution in [2.45, 2.75) is 13.2 Å². The molecule has 0 fully saturated rings. The monoisotopic (exact) mass is 492 g/mol. The van der Waals surface area contributed by atoms with E-state index in [9.17, 15) is 13.2 Å². The Balaban J connectivity index is 1.76. The predicted molar refractivity (Wildman–Crippen MR) is 129 cm³/mol. The summed E-state index contributed by atoms with van der Waals surface area (Å²) in [7, 11) is -2.00. The Hall–Kier alpha value is -2.58. The second-order valence-corrected chi connectivity index (χ2v) is 9.90. The standard InChI is InChI=1S/C23H22Cl2N2O4S/c1-31-15-17-4-3-5-20(12-17)26-23(28)18-8-6-16(7-9-18)14-27(32(2,29)30)22-11-10-19(24)13-21(22)25/h3-13H,14-15H2,1-2H3,(H,26,28). The van der Waals surface area contributed by atoms with E-state index in [-0.39, 0.29) is 17.5 Å². The number of hydrogen-bond acceptors (Lipinski definition) is 4. The lowest BCUT2D eigenvalue weighted by Gasteiger charge is -2.23. The first kappa shape index (κ1) is 24.1. The van der Waals surface area contributed by atoms with Gasteiger partial charge in [0.2, 0.25) is 10.0 Å². The molecule has 9 heteroatoms. The van der Waals surface area contributed by atoms with Crippen LogP contribution in [0.4, 0.5) is 11.4 Å². The molecule has 3 rings (SSSR count). The van der Waals surface area contributed by atoms with Crippen molar-refractivity contribution in [3.8, 4) is 0 Å². The Kier molecular flexibility index (Phi) is 7.79. The fraction of sp³-hybridized carbons (Fsp3) is 0.174. The number of halogens is 2. The minimum atomic E-state index is -3.61. The second kappa shape index (κ2) is 10.4. The van der Waals surface area contributed by atoms with Gasteiger partial charge < -0.3 is 10.1 Å². The molecule has 3 aromatic rings. The molecule has 0 heterocycles. The molecule has 0 aromatic heterocycles. The highest BCUT2D eigenvalue weighted by Gasteiger charge is 2.21. The van der Waals surface area contributed by atoms with Crippen molar-refractivity contribution < 1.29 is 17.9 Å². The van der Waals surface area contributed by atoms with Gasteiger partial charge >= 0.3 is 0 Å². The van der Waals surface area contributed by atoms with Crippen LogP contribution in [0.1, 0.15) is 21.5 Å². The van der Waals surface area contributed by atoms with Gasteiger partial charge in [-0.3, -0.25) is 9.10 Å². The molecule has 1 N–H and O–H groups in total. The van der Waals surface area contributed by atoms with E-state index in [1.807, 2.05) is 18.2 Å². The Labute approximate surface area is 197 Å². The zero-order valence-electron chi connectivity index (χ0n) is 17.5. The predicted octanol–water partition coefficient (Wildman–Crippen LogP) is 5.36. The lowest BCUT2D eigenvalue weighted by molar-refractivity contribution is 0.102. The third kappa shape index (κ3) is 6.23. The molecule has 0 unspecified atom stereocenters. The van der Waals surface area contributed by atoms with E-state index in [4.69, 9.17) is 27.9 Å². The summed E-state index contributed by atoms with van der Waals surface area (Å²) in [5.74, 6) is -0.271. The third-order valence-electron chi connectivity index (χ3n) is 4.62. The summed E-state index contributed by atoms with van der Waals surface area (Å²) in [4.78, 5) is 12.6. The number of hydrogen-bond donors (Lipinski definition) is 1. The Morgan fingerprint density at radius 1 is 1.00 bits per heavy atom. The Morgan fingerprint density at radius 2 is 1.72 bits per heavy atom. The normalized spacial score (nSPS) is 11.2. The van der Waals surface area contributed by atoms with Gasteiger partial charge in [0, 0.05) is 23.4 Å². The highest BCUT2D eigenvalue weighted by Crippen LogP contribution is 2.31. The minimum Gasteiger partial charge on any atom is -0.380 e. The zero-order valence-corrected chi connectivity index (χ0v) is 19.8. The van der Waals surface area contributed by atoms with Gasteiger partial charge in [0.25, 0.3) is 5.91 Å². The average Bonchev–Trinajstić information content (AvgIpc) is 2.73. The number of carbonyl (C=O) groups excluding carboxylic acids is 1. The number of carbonyl (C=O) groups is 1. The van der Waals surface area contributed by atoms with E-state index in [1.165, 1.54) is 10.4 Å². The fourth-order valence-electron chi connectivity index (χ4n) is 3.10. The van der Waals surface area contributed by atoms with Crippen molar-refractivity contribution in [3.05, 3.63) is 93.5 Å². The number of nitrogens with zero attached hydrogens (tertiary/aromatic N) is 1. The van der Waals surface area contributed by atoms with Gasteiger partial charge in [0.15, 0.2) is 0 Å². The number of benzene rings is 3. The lowest BCUT2D eigenvalue weighted by Crippen LogP contribution is -2.29. The third-order valence-corrected chi connectivity index (χ3v) is 6.28. The van der Waals surface area contributed by atoms with Gasteiger partial charge in [-0.05, 0) is 53.6 Å². The second-order valence-electron chi connectivity index (χ2n) is 7.15. The van der Waals surface area contributed by atoms with Crippen molar-refractivity contribution in [2.75, 3.05) is 23.0 Å². The van der Waals surface area contributed by atoms with Crippen LogP contribution in [0.5, 0.6) is 0 Å². The van der Waals surface area contributed by atoms with E-state index in [0.717, 1.165) is 11.8 Å². The largest absolute Gasteiger partial charge is 0.380 e. The molecule has 0 atom stereocenters. The van der Waals surface area contributed by atoms with Gasteiger partial charge in [-0.15, -0.1) is 0 Å². The number of methoxy groups -OCH3 is 1. The topological polar surface area (TPSA) is 75.7 Å². The molecule has 6 nitrogen and oxygen atoms in total. The summed E-state index contributed by atoms with van der Waals surface area (Å²) in [6, 6.07) is 18.7. The molecular weight excluding hydrogens is 471 g/mol. The van der Waals surface area contributed by atoms with Crippen molar-refractivity contribution in [1.82, 2.24) is 0 Å². The summed E-state index contributed by atoms with van der Waals surface area (Å²) in [5.41, 5.74) is 3.08. The molecular formula is C23H22Cl2N2O4S. The van der Waals surface area contributed by atoms with Crippen LogP contribution in [-0.2, 0) is 27.9 Å². The quantitative estimate of drug-likeness (QED) is 0.459. The van der Waals surface area contributed by atoms with Crippen molar-refractivity contribution in [3.63, 3.8) is 0 Å². The molecule has 3 aromatic carbocycles. The molecule has 0 aliphatic heterocycles. The maximum atomic E-state index is 12.6. The molecule has 0 radical (unpaired) electrons. The molecule has 168 valence electrons. The first-order valence-electron chi connectivity index (χ1n) is 9.58. The molecule has 0 aliphatic rings. The van der Waals surface area contributed by atoms with Crippen LogP contribution in [0.25, 0.3) is 0 Å². The van der Waals surface area contributed by atoms with Crippen LogP contribution in [0, 0.1) is 0 Å². The van der Waals surface area contributed by atoms with Crippen LogP contribution in [0.2, 0.25) is 10.0 Å². The van der Waals surface area contributed by atoms with Crippen LogP contribution in [-0.4, -0.2) is 27.7 Å². The number of ether oxygens (including phenoxy) is 1. The minimum absolute atomic E-state index is 0.0567. The van der Waals surface area contributed by atoms with E-state index in [2.05, 4.69) is 5.32 Å². The highest BCUT2D eigenvalue weighted by atomic mass is 35.5. The molecule has 0 saturated carbocycles. The van der Waals surface area contributed by atoms with Crippen LogP contribution in [0.15, 0.2) is 66.7 Å². The van der Waals surface area contributed by atoms with Gasteiger partial charge in [-0.1, -0.05) is 47.5 Å². The molecule has 0 bridgehead atoms. The summed E-state index contributed by atoms with van der Waals surface area (Å²) < 4.78 is 31.1. The van der Waals surface area contributed by atoms with Gasteiger partial charge in [0.1, 0.15) is 0 Å². The average molecular weight is 493 g/mol. The highest BCUT2D eigenvalue weighted by molar-refractivity contribution is 7.92. The van der Waals surface area contributed by atoms with Gasteiger partial charge in [0.05, 0.1) is 30.1 Å². The number of nitrogens with one attached hydrogen (secondary N) is 1. The maximum Gasteiger partial charge on any atom is 0.255 e. The van der Waals surface area contributed by atoms with Crippen molar-refractivity contribution in [1.29, 1.82) is 0 Å². The van der Waals surface area contributed by atoms with Crippen molar-refractivity contribution >= 4 is 50.5 Å². The summed E-state index contributed by atoms with van der Waals surface area (Å²) in [5, 5.41) is 3.49. The van der Waals surface area contributed by atoms with E-state index >= 15 is 0 Å².